The minimum atomic E-state index is -0.402. The summed E-state index contributed by atoms with van der Waals surface area (Å²) in [4.78, 5) is 24.7. The average Bonchev–Trinajstić information content (AvgIpc) is 2.36. The second-order valence-corrected chi connectivity index (χ2v) is 5.18. The van der Waals surface area contributed by atoms with Gasteiger partial charge in [0.1, 0.15) is 6.04 Å². The Balaban J connectivity index is 1.71. The fourth-order valence-electron chi connectivity index (χ4n) is 2.62. The molecule has 102 valence electrons. The van der Waals surface area contributed by atoms with Crippen LogP contribution in [-0.2, 0) is 14.3 Å². The van der Waals surface area contributed by atoms with Crippen LogP contribution in [0.2, 0.25) is 0 Å². The van der Waals surface area contributed by atoms with Crippen LogP contribution in [0.5, 0.6) is 0 Å². The van der Waals surface area contributed by atoms with Crippen LogP contribution in [0.3, 0.4) is 0 Å². The highest BCUT2D eigenvalue weighted by Gasteiger charge is 2.29. The monoisotopic (exact) mass is 254 g/mol. The molecule has 5 heteroatoms. The second kappa shape index (κ2) is 6.18. The first-order chi connectivity index (χ1) is 8.66. The summed E-state index contributed by atoms with van der Waals surface area (Å²) in [5.41, 5.74) is 0. The van der Waals surface area contributed by atoms with Crippen molar-refractivity contribution >= 4 is 11.8 Å². The molecule has 2 amide bonds. The fraction of sp³-hybridized carbons (Fsp3) is 0.846. The maximum atomic E-state index is 11.8. The zero-order chi connectivity index (χ0) is 13.0. The molecule has 1 aliphatic carbocycles. The molecule has 0 spiro atoms. The van der Waals surface area contributed by atoms with Gasteiger partial charge in [0, 0.05) is 6.54 Å². The van der Waals surface area contributed by atoms with E-state index >= 15 is 0 Å². The summed E-state index contributed by atoms with van der Waals surface area (Å²) in [6, 6.07) is -0.402. The summed E-state index contributed by atoms with van der Waals surface area (Å²) in [7, 11) is 0. The standard InChI is InChI=1S/C13H22N2O3/c1-10-13(17)15(9-12(16)14-10)7-8-18-11-5-3-2-4-6-11/h10-11H,2-9H2,1H3,(H,14,16). The Morgan fingerprint density at radius 3 is 2.72 bits per heavy atom. The van der Waals surface area contributed by atoms with E-state index in [4.69, 9.17) is 4.74 Å². The van der Waals surface area contributed by atoms with Gasteiger partial charge in [-0.25, -0.2) is 0 Å². The Kier molecular flexibility index (Phi) is 4.58. The predicted molar refractivity (Wildman–Crippen MR) is 67.0 cm³/mol. The number of hydrogen-bond donors (Lipinski definition) is 1. The smallest absolute Gasteiger partial charge is 0.245 e. The summed E-state index contributed by atoms with van der Waals surface area (Å²) in [6.07, 6.45) is 6.40. The van der Waals surface area contributed by atoms with Gasteiger partial charge in [0.2, 0.25) is 11.8 Å². The lowest BCUT2D eigenvalue weighted by Crippen LogP contribution is -2.57. The molecule has 0 radical (unpaired) electrons. The molecule has 0 bridgehead atoms. The summed E-state index contributed by atoms with van der Waals surface area (Å²) >= 11 is 0. The third-order valence-electron chi connectivity index (χ3n) is 3.66. The van der Waals surface area contributed by atoms with Gasteiger partial charge in [0.15, 0.2) is 0 Å². The Morgan fingerprint density at radius 1 is 1.28 bits per heavy atom. The first-order valence-corrected chi connectivity index (χ1v) is 6.86. The van der Waals surface area contributed by atoms with Gasteiger partial charge in [-0.05, 0) is 19.8 Å². The Hall–Kier alpha value is -1.10. The molecule has 1 heterocycles. The van der Waals surface area contributed by atoms with Gasteiger partial charge in [0.25, 0.3) is 0 Å². The number of rotatable bonds is 4. The molecular weight excluding hydrogens is 232 g/mol. The highest BCUT2D eigenvalue weighted by molar-refractivity contribution is 5.94. The average molecular weight is 254 g/mol. The summed E-state index contributed by atoms with van der Waals surface area (Å²) in [5.74, 6) is -0.0957. The molecule has 1 saturated carbocycles. The molecule has 0 aromatic heterocycles. The molecule has 0 aromatic rings. The third-order valence-corrected chi connectivity index (χ3v) is 3.66. The number of nitrogens with one attached hydrogen (secondary N) is 1. The number of carbonyl (C=O) groups is 2. The molecule has 2 rings (SSSR count). The minimum Gasteiger partial charge on any atom is -0.376 e. The van der Waals surface area contributed by atoms with Gasteiger partial charge < -0.3 is 15.0 Å². The van der Waals surface area contributed by atoms with Gasteiger partial charge in [0.05, 0.1) is 19.3 Å². The van der Waals surface area contributed by atoms with Crippen molar-refractivity contribution in [2.45, 2.75) is 51.2 Å². The van der Waals surface area contributed by atoms with E-state index in [1.807, 2.05) is 0 Å². The summed E-state index contributed by atoms with van der Waals surface area (Å²) < 4.78 is 5.78. The molecule has 1 unspecified atom stereocenters. The molecule has 0 aromatic carbocycles. The number of ether oxygens (including phenoxy) is 1. The Morgan fingerprint density at radius 2 is 2.00 bits per heavy atom. The van der Waals surface area contributed by atoms with Gasteiger partial charge >= 0.3 is 0 Å². The second-order valence-electron chi connectivity index (χ2n) is 5.18. The molecular formula is C13H22N2O3. The van der Waals surface area contributed by atoms with Crippen LogP contribution in [0, 0.1) is 0 Å². The highest BCUT2D eigenvalue weighted by Crippen LogP contribution is 2.20. The topological polar surface area (TPSA) is 58.6 Å². The first kappa shape index (κ1) is 13.3. The molecule has 1 N–H and O–H groups in total. The number of carbonyl (C=O) groups excluding carboxylic acids is 2. The van der Waals surface area contributed by atoms with Gasteiger partial charge in [-0.15, -0.1) is 0 Å². The maximum absolute atomic E-state index is 11.8. The van der Waals surface area contributed by atoms with E-state index in [-0.39, 0.29) is 18.4 Å². The number of piperazine rings is 1. The van der Waals surface area contributed by atoms with Crippen molar-refractivity contribution in [2.75, 3.05) is 19.7 Å². The SMILES string of the molecule is CC1NC(=O)CN(CCOC2CCCCC2)C1=O. The lowest BCUT2D eigenvalue weighted by molar-refractivity contribution is -0.144. The predicted octanol–water partition coefficient (Wildman–Crippen LogP) is 0.683. The molecule has 1 saturated heterocycles. The van der Waals surface area contributed by atoms with Crippen molar-refractivity contribution in [1.82, 2.24) is 10.2 Å². The quantitative estimate of drug-likeness (QED) is 0.802. The summed E-state index contributed by atoms with van der Waals surface area (Å²) in [5, 5.41) is 2.63. The van der Waals surface area contributed by atoms with E-state index in [1.54, 1.807) is 11.8 Å². The van der Waals surface area contributed by atoms with E-state index < -0.39 is 6.04 Å². The first-order valence-electron chi connectivity index (χ1n) is 6.86. The van der Waals surface area contributed by atoms with Gasteiger partial charge in [-0.2, -0.15) is 0 Å². The zero-order valence-corrected chi connectivity index (χ0v) is 11.0. The van der Waals surface area contributed by atoms with E-state index in [1.165, 1.54) is 19.3 Å². The van der Waals surface area contributed by atoms with Gasteiger partial charge in [-0.3, -0.25) is 9.59 Å². The van der Waals surface area contributed by atoms with Crippen LogP contribution >= 0.6 is 0 Å². The Labute approximate surface area is 108 Å². The molecule has 1 atom stereocenters. The lowest BCUT2D eigenvalue weighted by atomic mass is 9.98. The fourth-order valence-corrected chi connectivity index (χ4v) is 2.62. The number of nitrogens with zero attached hydrogens (tertiary/aromatic N) is 1. The van der Waals surface area contributed by atoms with Crippen molar-refractivity contribution in [2.24, 2.45) is 0 Å². The van der Waals surface area contributed by atoms with Crippen LogP contribution in [-0.4, -0.2) is 48.6 Å². The van der Waals surface area contributed by atoms with Crippen molar-refractivity contribution in [1.29, 1.82) is 0 Å². The lowest BCUT2D eigenvalue weighted by Gasteiger charge is -2.31. The van der Waals surface area contributed by atoms with Crippen molar-refractivity contribution < 1.29 is 14.3 Å². The minimum absolute atomic E-state index is 0.0122. The molecule has 2 aliphatic rings. The summed E-state index contributed by atoms with van der Waals surface area (Å²) in [6.45, 7) is 2.94. The van der Waals surface area contributed by atoms with E-state index in [2.05, 4.69) is 5.32 Å². The largest absolute Gasteiger partial charge is 0.376 e. The van der Waals surface area contributed by atoms with Crippen LogP contribution in [0.1, 0.15) is 39.0 Å². The van der Waals surface area contributed by atoms with Crippen LogP contribution in [0.4, 0.5) is 0 Å². The highest BCUT2D eigenvalue weighted by atomic mass is 16.5. The van der Waals surface area contributed by atoms with Crippen LogP contribution in [0.15, 0.2) is 0 Å². The zero-order valence-electron chi connectivity index (χ0n) is 11.0. The molecule has 18 heavy (non-hydrogen) atoms. The maximum Gasteiger partial charge on any atom is 0.245 e. The normalized spacial score (nSPS) is 26.3. The van der Waals surface area contributed by atoms with Crippen molar-refractivity contribution in [3.8, 4) is 0 Å². The van der Waals surface area contributed by atoms with Crippen molar-refractivity contribution in [3.63, 3.8) is 0 Å². The number of amides is 2. The third kappa shape index (κ3) is 3.45. The molecule has 2 fully saturated rings. The molecule has 5 nitrogen and oxygen atoms in total. The van der Waals surface area contributed by atoms with Crippen LogP contribution < -0.4 is 5.32 Å². The molecule has 1 aliphatic heterocycles. The van der Waals surface area contributed by atoms with Crippen molar-refractivity contribution in [3.05, 3.63) is 0 Å². The van der Waals surface area contributed by atoms with Gasteiger partial charge in [-0.1, -0.05) is 19.3 Å². The van der Waals surface area contributed by atoms with E-state index in [9.17, 15) is 9.59 Å². The Bertz CT molecular complexity index is 313. The van der Waals surface area contributed by atoms with Crippen LogP contribution in [0.25, 0.3) is 0 Å². The van der Waals surface area contributed by atoms with E-state index in [0.717, 1.165) is 12.8 Å². The number of hydrogen-bond acceptors (Lipinski definition) is 3. The van der Waals surface area contributed by atoms with E-state index in [0.29, 0.717) is 19.3 Å².